The van der Waals surface area contributed by atoms with Crippen LogP contribution in [0.25, 0.3) is 44.3 Å². The summed E-state index contributed by atoms with van der Waals surface area (Å²) in [5, 5.41) is 2.44. The molecule has 1 spiro atoms. The van der Waals surface area contributed by atoms with Crippen LogP contribution in [0.3, 0.4) is 0 Å². The lowest BCUT2D eigenvalue weighted by atomic mass is 9.77. The van der Waals surface area contributed by atoms with Crippen molar-refractivity contribution in [2.45, 2.75) is 64.7 Å². The summed E-state index contributed by atoms with van der Waals surface area (Å²) in [7, 11) is 2.16. The average Bonchev–Trinajstić information content (AvgIpc) is 3.56. The second kappa shape index (κ2) is 7.56. The van der Waals surface area contributed by atoms with Crippen LogP contribution in [0.5, 0.6) is 0 Å². The minimum Gasteiger partial charge on any atom is -0.454 e. The van der Waals surface area contributed by atoms with Crippen LogP contribution in [0.2, 0.25) is 0 Å². The molecule has 2 aliphatic carbocycles. The predicted octanol–water partition coefficient (Wildman–Crippen LogP) is 8.66. The number of nitrogens with zero attached hydrogens (tertiary/aromatic N) is 1. The minimum absolute atomic E-state index is 0.160. The lowest BCUT2D eigenvalue weighted by Gasteiger charge is -2.26. The summed E-state index contributed by atoms with van der Waals surface area (Å²) in [5.74, 6) is 0.475. The lowest BCUT2D eigenvalue weighted by Crippen LogP contribution is -2.32. The van der Waals surface area contributed by atoms with Gasteiger partial charge in [0, 0.05) is 33.4 Å². The van der Waals surface area contributed by atoms with Crippen molar-refractivity contribution in [2.24, 2.45) is 7.05 Å². The van der Waals surface area contributed by atoms with Crippen LogP contribution < -0.4 is 4.57 Å². The number of benzene rings is 3. The van der Waals surface area contributed by atoms with Crippen molar-refractivity contribution in [3.63, 3.8) is 0 Å². The Bertz CT molecular complexity index is 1690. The molecule has 0 atom stereocenters. The maximum atomic E-state index is 6.99. The molecule has 180 valence electrons. The lowest BCUT2D eigenvalue weighted by molar-refractivity contribution is -0.660. The highest BCUT2D eigenvalue weighted by molar-refractivity contribution is 6.14. The van der Waals surface area contributed by atoms with Crippen molar-refractivity contribution in [3.8, 4) is 22.4 Å². The van der Waals surface area contributed by atoms with E-state index >= 15 is 0 Å². The zero-order valence-corrected chi connectivity index (χ0v) is 22.0. The average molecular weight is 473 g/mol. The Balaban J connectivity index is 1.57. The van der Waals surface area contributed by atoms with Gasteiger partial charge in [0.05, 0.1) is 5.56 Å². The Labute approximate surface area is 213 Å². The Morgan fingerprint density at radius 1 is 0.806 bits per heavy atom. The molecule has 3 aromatic carbocycles. The van der Waals surface area contributed by atoms with E-state index in [9.17, 15) is 0 Å². The van der Waals surface area contributed by atoms with Gasteiger partial charge >= 0.3 is 0 Å². The third-order valence-corrected chi connectivity index (χ3v) is 9.10. The minimum atomic E-state index is 0.160. The molecule has 0 bridgehead atoms. The first-order valence-corrected chi connectivity index (χ1v) is 13.5. The van der Waals surface area contributed by atoms with E-state index in [1.165, 1.54) is 86.7 Å². The van der Waals surface area contributed by atoms with E-state index in [2.05, 4.69) is 100 Å². The quantitative estimate of drug-likeness (QED) is 0.235. The van der Waals surface area contributed by atoms with Crippen molar-refractivity contribution in [2.75, 3.05) is 0 Å². The van der Waals surface area contributed by atoms with Crippen molar-refractivity contribution < 1.29 is 8.98 Å². The summed E-state index contributed by atoms with van der Waals surface area (Å²) >= 11 is 0. The fourth-order valence-electron chi connectivity index (χ4n) is 7.44. The Morgan fingerprint density at radius 3 is 2.25 bits per heavy atom. The van der Waals surface area contributed by atoms with Crippen LogP contribution in [-0.4, -0.2) is 0 Å². The van der Waals surface area contributed by atoms with Gasteiger partial charge in [-0.25, -0.2) is 4.57 Å². The summed E-state index contributed by atoms with van der Waals surface area (Å²) in [6.07, 6.45) is 7.35. The number of aromatic nitrogens is 1. The summed E-state index contributed by atoms with van der Waals surface area (Å²) in [5.41, 5.74) is 14.3. The highest BCUT2D eigenvalue weighted by Gasteiger charge is 2.46. The molecule has 0 N–H and O–H groups in total. The van der Waals surface area contributed by atoms with Gasteiger partial charge in [-0.15, -0.1) is 0 Å². The number of aryl methyl sites for hydroxylation is 3. The van der Waals surface area contributed by atoms with Gasteiger partial charge in [-0.05, 0) is 60.4 Å². The van der Waals surface area contributed by atoms with E-state index in [-0.39, 0.29) is 5.41 Å². The zero-order chi connectivity index (χ0) is 24.8. The van der Waals surface area contributed by atoms with E-state index in [0.29, 0.717) is 5.92 Å². The summed E-state index contributed by atoms with van der Waals surface area (Å²) in [6.45, 7) is 8.98. The van der Waals surface area contributed by atoms with Gasteiger partial charge in [0.1, 0.15) is 18.2 Å². The third-order valence-electron chi connectivity index (χ3n) is 9.10. The largest absolute Gasteiger partial charge is 0.454 e. The van der Waals surface area contributed by atoms with Crippen LogP contribution in [0.1, 0.15) is 73.3 Å². The molecule has 0 aliphatic heterocycles. The number of hydrogen-bond acceptors (Lipinski definition) is 1. The molecule has 2 heteroatoms. The van der Waals surface area contributed by atoms with E-state index in [1.807, 2.05) is 0 Å². The molecule has 2 nitrogen and oxygen atoms in total. The van der Waals surface area contributed by atoms with Gasteiger partial charge in [-0.2, -0.15) is 0 Å². The molecule has 1 fully saturated rings. The maximum absolute atomic E-state index is 6.99. The van der Waals surface area contributed by atoms with Crippen molar-refractivity contribution >= 4 is 21.9 Å². The second-order valence-electron chi connectivity index (χ2n) is 11.5. The molecule has 1 saturated carbocycles. The van der Waals surface area contributed by atoms with Crippen LogP contribution in [0.4, 0.5) is 0 Å². The van der Waals surface area contributed by atoms with E-state index in [4.69, 9.17) is 4.42 Å². The first-order chi connectivity index (χ1) is 17.4. The van der Waals surface area contributed by atoms with Crippen molar-refractivity contribution in [1.82, 2.24) is 0 Å². The molecule has 36 heavy (non-hydrogen) atoms. The monoisotopic (exact) mass is 472 g/mol. The Morgan fingerprint density at radius 2 is 1.50 bits per heavy atom. The van der Waals surface area contributed by atoms with Gasteiger partial charge in [-0.3, -0.25) is 0 Å². The summed E-state index contributed by atoms with van der Waals surface area (Å²) in [4.78, 5) is 0. The first kappa shape index (κ1) is 21.9. The molecule has 2 aromatic heterocycles. The fraction of sp³-hybridized carbons (Fsp3) is 0.324. The summed E-state index contributed by atoms with van der Waals surface area (Å²) in [6, 6.07) is 20.7. The van der Waals surface area contributed by atoms with Gasteiger partial charge in [0.25, 0.3) is 0 Å². The van der Waals surface area contributed by atoms with Gasteiger partial charge in [0.15, 0.2) is 6.20 Å². The number of pyridine rings is 1. The molecule has 5 aromatic rings. The zero-order valence-electron chi connectivity index (χ0n) is 22.0. The van der Waals surface area contributed by atoms with Crippen LogP contribution in [0, 0.1) is 13.8 Å². The number of furan rings is 1. The maximum Gasteiger partial charge on any atom is 0.216 e. The highest BCUT2D eigenvalue weighted by atomic mass is 16.3. The molecule has 7 rings (SSSR count). The van der Waals surface area contributed by atoms with Crippen LogP contribution in [-0.2, 0) is 12.5 Å². The molecule has 2 heterocycles. The van der Waals surface area contributed by atoms with E-state index in [0.717, 1.165) is 11.2 Å². The van der Waals surface area contributed by atoms with E-state index < -0.39 is 0 Å². The SMILES string of the molecule is Cc1c[n+](C)c(-c2c(C)ccc3c2oc2c4c(ccc23)C2(CCCC2)c2ccccc2-4)cc1C(C)C. The normalized spacial score (nSPS) is 15.9. The predicted molar refractivity (Wildman–Crippen MR) is 149 cm³/mol. The number of hydrogen-bond donors (Lipinski definition) is 0. The second-order valence-corrected chi connectivity index (χ2v) is 11.5. The molecule has 2 aliphatic rings. The third kappa shape index (κ3) is 2.76. The van der Waals surface area contributed by atoms with Crippen molar-refractivity contribution in [1.29, 1.82) is 0 Å². The smallest absolute Gasteiger partial charge is 0.216 e. The number of fused-ring (bicyclic) bond motifs is 9. The summed E-state index contributed by atoms with van der Waals surface area (Å²) < 4.78 is 9.26. The van der Waals surface area contributed by atoms with E-state index in [1.54, 1.807) is 0 Å². The molecule has 0 amide bonds. The van der Waals surface area contributed by atoms with Gasteiger partial charge < -0.3 is 4.42 Å². The van der Waals surface area contributed by atoms with Crippen LogP contribution >= 0.6 is 0 Å². The molecular weight excluding hydrogens is 438 g/mol. The Kier molecular flexibility index (Phi) is 4.59. The van der Waals surface area contributed by atoms with Gasteiger partial charge in [-0.1, -0.05) is 75.2 Å². The van der Waals surface area contributed by atoms with Gasteiger partial charge in [0.2, 0.25) is 5.69 Å². The molecule has 0 radical (unpaired) electrons. The number of rotatable bonds is 2. The molecule has 0 saturated heterocycles. The Hall–Kier alpha value is -3.39. The fourth-order valence-corrected chi connectivity index (χ4v) is 7.44. The molecular formula is C34H34NO+. The highest BCUT2D eigenvalue weighted by Crippen LogP contribution is 2.59. The first-order valence-electron chi connectivity index (χ1n) is 13.5. The van der Waals surface area contributed by atoms with Crippen LogP contribution in [0.15, 0.2) is 65.2 Å². The molecule has 0 unspecified atom stereocenters. The van der Waals surface area contributed by atoms with Crippen molar-refractivity contribution in [3.05, 3.63) is 88.6 Å². The standard InChI is InChI=1S/C34H34NO/c1-20(2)26-18-29(35(5)19-22(26)4)30-21(3)12-13-23-24-14-15-28-31(33(24)36-32(23)30)25-10-6-7-11-27(25)34(28)16-8-9-17-34/h6-7,10-15,18-20H,8-9,16-17H2,1-5H3/q+1. The topological polar surface area (TPSA) is 17.0 Å².